The fraction of sp³-hybridized carbons (Fsp3) is 0.345. The molecule has 1 aliphatic rings. The highest BCUT2D eigenvalue weighted by molar-refractivity contribution is 7.90. The van der Waals surface area contributed by atoms with Gasteiger partial charge >= 0.3 is 0 Å². The monoisotopic (exact) mass is 553 g/mol. The van der Waals surface area contributed by atoms with E-state index in [0.717, 1.165) is 37.6 Å². The molecule has 0 radical (unpaired) electrons. The Hall–Kier alpha value is -3.60. The average Bonchev–Trinajstić information content (AvgIpc) is 2.94. The predicted molar refractivity (Wildman–Crippen MR) is 150 cm³/mol. The Morgan fingerprint density at radius 2 is 1.69 bits per heavy atom. The van der Waals surface area contributed by atoms with Gasteiger partial charge in [-0.2, -0.15) is 0 Å². The number of carbonyl (C=O) groups is 1. The summed E-state index contributed by atoms with van der Waals surface area (Å²) in [5, 5.41) is 23.5. The lowest BCUT2D eigenvalue weighted by atomic mass is 9.81. The highest BCUT2D eigenvalue weighted by atomic mass is 32.2. The summed E-state index contributed by atoms with van der Waals surface area (Å²) in [6.45, 7) is 0.351. The van der Waals surface area contributed by atoms with Crippen molar-refractivity contribution in [1.82, 2.24) is 10.7 Å². The largest absolute Gasteiger partial charge is 0.507 e. The van der Waals surface area contributed by atoms with Crippen LogP contribution in [0.3, 0.4) is 0 Å². The summed E-state index contributed by atoms with van der Waals surface area (Å²) in [7, 11) is -3.59. The fourth-order valence-corrected chi connectivity index (χ4v) is 5.47. The first-order valence-electron chi connectivity index (χ1n) is 13.0. The van der Waals surface area contributed by atoms with Gasteiger partial charge < -0.3 is 20.3 Å². The number of hydrogen-bond acceptors (Lipinski definition) is 8. The zero-order chi connectivity index (χ0) is 27.8. The number of phenols is 1. The number of rotatable bonds is 11. The van der Waals surface area contributed by atoms with Crippen LogP contribution in [-0.4, -0.2) is 56.1 Å². The molecule has 208 valence electrons. The molecule has 10 heteroatoms. The topological polar surface area (TPSA) is 137 Å². The van der Waals surface area contributed by atoms with Crippen LogP contribution < -0.4 is 20.9 Å². The molecule has 0 aromatic heterocycles. The highest BCUT2D eigenvalue weighted by Crippen LogP contribution is 2.33. The third-order valence-electron chi connectivity index (χ3n) is 6.88. The van der Waals surface area contributed by atoms with E-state index < -0.39 is 15.9 Å². The number of aliphatic hydroxyl groups is 1. The summed E-state index contributed by atoms with van der Waals surface area (Å²) < 4.78 is 29.0. The highest BCUT2D eigenvalue weighted by Gasteiger charge is 2.23. The maximum absolute atomic E-state index is 12.4. The number of hydrazine groups is 1. The minimum Gasteiger partial charge on any atom is -0.507 e. The van der Waals surface area contributed by atoms with Crippen molar-refractivity contribution in [3.8, 4) is 11.5 Å². The minimum atomic E-state index is -3.59. The summed E-state index contributed by atoms with van der Waals surface area (Å²) in [6.07, 6.45) is 4.20. The van der Waals surface area contributed by atoms with Crippen LogP contribution >= 0.6 is 0 Å². The lowest BCUT2D eigenvalue weighted by molar-refractivity contribution is 0.0962. The number of amides is 1. The van der Waals surface area contributed by atoms with Gasteiger partial charge in [-0.05, 0) is 73.6 Å². The Bertz CT molecular complexity index is 1340. The molecule has 0 heterocycles. The van der Waals surface area contributed by atoms with Gasteiger partial charge in [0.2, 0.25) is 0 Å². The van der Waals surface area contributed by atoms with E-state index in [1.165, 1.54) is 23.8 Å². The summed E-state index contributed by atoms with van der Waals surface area (Å²) >= 11 is 0. The molecule has 0 unspecified atom stereocenters. The maximum atomic E-state index is 12.4. The Morgan fingerprint density at radius 1 is 1.00 bits per heavy atom. The van der Waals surface area contributed by atoms with Crippen LogP contribution in [0, 0.1) is 0 Å². The molecule has 3 aromatic carbocycles. The van der Waals surface area contributed by atoms with Crippen LogP contribution in [0.1, 0.15) is 47.5 Å². The summed E-state index contributed by atoms with van der Waals surface area (Å²) in [5.41, 5.74) is 8.24. The maximum Gasteiger partial charge on any atom is 0.269 e. The van der Waals surface area contributed by atoms with Gasteiger partial charge in [0.1, 0.15) is 29.1 Å². The van der Waals surface area contributed by atoms with E-state index in [1.807, 2.05) is 54.6 Å². The zero-order valence-corrected chi connectivity index (χ0v) is 22.7. The quantitative estimate of drug-likeness (QED) is 0.227. The van der Waals surface area contributed by atoms with E-state index in [4.69, 9.17) is 4.74 Å². The van der Waals surface area contributed by atoms with E-state index in [9.17, 15) is 23.4 Å². The number of hydrogen-bond donors (Lipinski definition) is 5. The van der Waals surface area contributed by atoms with Crippen LogP contribution in [-0.2, 0) is 9.84 Å². The number of aromatic hydroxyl groups is 1. The van der Waals surface area contributed by atoms with Gasteiger partial charge in [-0.15, -0.1) is 0 Å². The molecule has 0 aliphatic heterocycles. The second-order valence-electron chi connectivity index (χ2n) is 9.89. The van der Waals surface area contributed by atoms with Crippen molar-refractivity contribution in [2.45, 2.75) is 48.6 Å². The van der Waals surface area contributed by atoms with Crippen molar-refractivity contribution in [2.24, 2.45) is 0 Å². The Morgan fingerprint density at radius 3 is 2.36 bits per heavy atom. The molecule has 1 fully saturated rings. The molecular weight excluding hydrogens is 518 g/mol. The normalized spacial score (nSPS) is 18.2. The van der Waals surface area contributed by atoms with Crippen molar-refractivity contribution in [1.29, 1.82) is 0 Å². The molecule has 0 saturated heterocycles. The predicted octanol–water partition coefficient (Wildman–Crippen LogP) is 3.61. The molecule has 1 atom stereocenters. The van der Waals surface area contributed by atoms with E-state index in [-0.39, 0.29) is 35.0 Å². The molecule has 0 spiro atoms. The Balaban J connectivity index is 1.17. The van der Waals surface area contributed by atoms with E-state index in [1.54, 1.807) is 0 Å². The van der Waals surface area contributed by atoms with Crippen LogP contribution in [0.25, 0.3) is 0 Å². The molecule has 5 N–H and O–H groups in total. The third kappa shape index (κ3) is 8.19. The van der Waals surface area contributed by atoms with Gasteiger partial charge in [0.25, 0.3) is 5.91 Å². The SMILES string of the molecule is CS(=O)(=O)c1cc(OC[C@@H](O)CN[C@H]2CC[C@H](c3ccc(C(=O)NNc4ccccc4)cc3)CC2)ccc1O. The van der Waals surface area contributed by atoms with Gasteiger partial charge in [-0.25, -0.2) is 8.42 Å². The van der Waals surface area contributed by atoms with Crippen LogP contribution in [0.2, 0.25) is 0 Å². The van der Waals surface area contributed by atoms with Crippen molar-refractivity contribution >= 4 is 21.4 Å². The summed E-state index contributed by atoms with van der Waals surface area (Å²) in [4.78, 5) is 12.2. The first kappa shape index (κ1) is 28.4. The van der Waals surface area contributed by atoms with Gasteiger partial charge in [0, 0.05) is 30.5 Å². The average molecular weight is 554 g/mol. The molecule has 1 aliphatic carbocycles. The number of carbonyl (C=O) groups excluding carboxylic acids is 1. The molecular formula is C29H35N3O6S. The van der Waals surface area contributed by atoms with E-state index in [2.05, 4.69) is 16.2 Å². The first-order chi connectivity index (χ1) is 18.7. The van der Waals surface area contributed by atoms with Gasteiger partial charge in [-0.1, -0.05) is 30.3 Å². The molecule has 1 amide bonds. The number of ether oxygens (including phenoxy) is 1. The van der Waals surface area contributed by atoms with Crippen LogP contribution in [0.4, 0.5) is 5.69 Å². The Labute approximate surface area is 229 Å². The molecule has 39 heavy (non-hydrogen) atoms. The molecule has 9 nitrogen and oxygen atoms in total. The second-order valence-corrected chi connectivity index (χ2v) is 11.9. The summed E-state index contributed by atoms with van der Waals surface area (Å²) in [5.74, 6) is 0.167. The number of nitrogens with one attached hydrogen (secondary N) is 3. The number of benzene rings is 3. The fourth-order valence-electron chi connectivity index (χ4n) is 4.70. The number of sulfone groups is 1. The lowest BCUT2D eigenvalue weighted by Gasteiger charge is -2.30. The van der Waals surface area contributed by atoms with Crippen molar-refractivity contribution in [3.05, 3.63) is 83.9 Å². The molecule has 0 bridgehead atoms. The second kappa shape index (κ2) is 13.0. The third-order valence-corrected chi connectivity index (χ3v) is 8.01. The van der Waals surface area contributed by atoms with Gasteiger partial charge in [0.15, 0.2) is 9.84 Å². The smallest absolute Gasteiger partial charge is 0.269 e. The van der Waals surface area contributed by atoms with Crippen molar-refractivity contribution < 1.29 is 28.2 Å². The summed E-state index contributed by atoms with van der Waals surface area (Å²) in [6, 6.07) is 21.5. The van der Waals surface area contributed by atoms with Crippen LogP contribution in [0.5, 0.6) is 11.5 Å². The van der Waals surface area contributed by atoms with E-state index in [0.29, 0.717) is 18.0 Å². The van der Waals surface area contributed by atoms with Crippen molar-refractivity contribution in [3.63, 3.8) is 0 Å². The number of para-hydroxylation sites is 1. The minimum absolute atomic E-state index is 0.00286. The van der Waals surface area contributed by atoms with Crippen molar-refractivity contribution in [2.75, 3.05) is 24.8 Å². The number of anilines is 1. The van der Waals surface area contributed by atoms with E-state index >= 15 is 0 Å². The number of phenolic OH excluding ortho intramolecular Hbond substituents is 1. The standard InChI is InChI=1S/C29H35N3O6S/c1-39(36,37)28-17-26(15-16-27(28)34)38-19-25(33)18-30-23-13-11-21(12-14-23)20-7-9-22(10-8-20)29(35)32-31-24-5-3-2-4-6-24/h2-10,15-17,21,23,25,30-31,33-34H,11-14,18-19H2,1H3,(H,32,35)/t21-,23-,25-/m0/s1. The lowest BCUT2D eigenvalue weighted by Crippen LogP contribution is -2.39. The first-order valence-corrected chi connectivity index (χ1v) is 14.9. The number of aliphatic hydroxyl groups excluding tert-OH is 1. The van der Waals surface area contributed by atoms with Gasteiger partial charge in [0.05, 0.1) is 5.69 Å². The zero-order valence-electron chi connectivity index (χ0n) is 21.8. The van der Waals surface area contributed by atoms with Crippen LogP contribution in [0.15, 0.2) is 77.7 Å². The molecule has 1 saturated carbocycles. The molecule has 4 rings (SSSR count). The Kier molecular flexibility index (Phi) is 9.45. The molecule has 3 aromatic rings. The van der Waals surface area contributed by atoms with Gasteiger partial charge in [-0.3, -0.25) is 15.6 Å².